The van der Waals surface area contributed by atoms with Gasteiger partial charge in [-0.05, 0) is 35.9 Å². The minimum atomic E-state index is -0.0105. The summed E-state index contributed by atoms with van der Waals surface area (Å²) in [6.07, 6.45) is 0. The first kappa shape index (κ1) is 17.1. The van der Waals surface area contributed by atoms with E-state index in [9.17, 15) is 4.79 Å². The Balaban J connectivity index is 1.49. The van der Waals surface area contributed by atoms with Crippen molar-refractivity contribution in [3.63, 3.8) is 0 Å². The molecule has 126 valence electrons. The molecule has 0 aromatic heterocycles. The number of benzene rings is 2. The summed E-state index contributed by atoms with van der Waals surface area (Å²) < 4.78 is 1.04. The van der Waals surface area contributed by atoms with Gasteiger partial charge in [0.15, 0.2) is 0 Å². The van der Waals surface area contributed by atoms with E-state index in [0.717, 1.165) is 33.8 Å². The van der Waals surface area contributed by atoms with E-state index in [0.29, 0.717) is 19.6 Å². The summed E-state index contributed by atoms with van der Waals surface area (Å²) in [7, 11) is 0. The first-order valence-corrected chi connectivity index (χ1v) is 9.07. The highest BCUT2D eigenvalue weighted by Gasteiger charge is 2.21. The van der Waals surface area contributed by atoms with E-state index in [1.165, 1.54) is 0 Å². The summed E-state index contributed by atoms with van der Waals surface area (Å²) in [4.78, 5) is 16.4. The number of carbonyl (C=O) groups is 1. The number of hydrogen-bond donors (Lipinski definition) is 1. The van der Waals surface area contributed by atoms with Gasteiger partial charge in [-0.15, -0.1) is 0 Å². The number of halogens is 2. The topological polar surface area (TPSA) is 35.6 Å². The highest BCUT2D eigenvalue weighted by Crippen LogP contribution is 2.20. The Bertz CT molecular complexity index is 700. The minimum Gasteiger partial charge on any atom is -0.368 e. The van der Waals surface area contributed by atoms with Gasteiger partial charge in [-0.3, -0.25) is 0 Å². The van der Waals surface area contributed by atoms with Crippen molar-refractivity contribution in [2.24, 2.45) is 0 Å². The van der Waals surface area contributed by atoms with Gasteiger partial charge in [0.05, 0.1) is 0 Å². The molecule has 1 heterocycles. The number of anilines is 1. The molecule has 0 aliphatic carbocycles. The number of piperazine rings is 1. The van der Waals surface area contributed by atoms with Crippen LogP contribution in [0.25, 0.3) is 0 Å². The molecule has 2 amide bonds. The van der Waals surface area contributed by atoms with E-state index in [2.05, 4.69) is 32.2 Å². The maximum atomic E-state index is 12.3. The van der Waals surface area contributed by atoms with Crippen molar-refractivity contribution in [1.29, 1.82) is 0 Å². The lowest BCUT2D eigenvalue weighted by atomic mass is 10.2. The van der Waals surface area contributed by atoms with Gasteiger partial charge in [0.1, 0.15) is 0 Å². The molecule has 24 heavy (non-hydrogen) atoms. The Morgan fingerprint density at radius 3 is 2.46 bits per heavy atom. The lowest BCUT2D eigenvalue weighted by Crippen LogP contribution is -2.51. The van der Waals surface area contributed by atoms with Crippen molar-refractivity contribution in [3.05, 3.63) is 63.6 Å². The molecule has 1 saturated heterocycles. The molecule has 1 N–H and O–H groups in total. The van der Waals surface area contributed by atoms with Crippen LogP contribution in [-0.4, -0.2) is 37.1 Å². The van der Waals surface area contributed by atoms with E-state index >= 15 is 0 Å². The molecule has 4 nitrogen and oxygen atoms in total. The number of carbonyl (C=O) groups excluding carboxylic acids is 1. The van der Waals surface area contributed by atoms with E-state index < -0.39 is 0 Å². The monoisotopic (exact) mass is 407 g/mol. The Morgan fingerprint density at radius 1 is 1.08 bits per heavy atom. The summed E-state index contributed by atoms with van der Waals surface area (Å²) >= 11 is 9.46. The zero-order chi connectivity index (χ0) is 16.9. The SMILES string of the molecule is O=C(NCc1ccc(Br)cc1)N1CCN(c2cccc(Cl)c2)CC1. The Hall–Kier alpha value is -1.72. The van der Waals surface area contributed by atoms with Crippen molar-refractivity contribution in [1.82, 2.24) is 10.2 Å². The maximum absolute atomic E-state index is 12.3. The average Bonchev–Trinajstić information content (AvgIpc) is 2.61. The second kappa shape index (κ2) is 7.90. The predicted molar refractivity (Wildman–Crippen MR) is 102 cm³/mol. The van der Waals surface area contributed by atoms with Gasteiger partial charge in [0, 0.05) is 47.9 Å². The van der Waals surface area contributed by atoms with Gasteiger partial charge in [-0.2, -0.15) is 0 Å². The molecule has 1 aliphatic heterocycles. The zero-order valence-electron chi connectivity index (χ0n) is 13.2. The van der Waals surface area contributed by atoms with Crippen LogP contribution < -0.4 is 10.2 Å². The average molecular weight is 409 g/mol. The fourth-order valence-corrected chi connectivity index (χ4v) is 3.18. The molecule has 0 bridgehead atoms. The normalized spacial score (nSPS) is 14.6. The molecule has 2 aromatic rings. The number of nitrogens with zero attached hydrogens (tertiary/aromatic N) is 2. The molecule has 0 saturated carbocycles. The molecule has 6 heteroatoms. The summed E-state index contributed by atoms with van der Waals surface area (Å²) in [5.41, 5.74) is 2.20. The number of urea groups is 1. The summed E-state index contributed by atoms with van der Waals surface area (Å²) in [5.74, 6) is 0. The molecule has 0 unspecified atom stereocenters. The number of nitrogens with one attached hydrogen (secondary N) is 1. The van der Waals surface area contributed by atoms with Gasteiger partial charge < -0.3 is 15.1 Å². The molecule has 0 radical (unpaired) electrons. The second-order valence-electron chi connectivity index (χ2n) is 5.74. The van der Waals surface area contributed by atoms with Crippen LogP contribution in [-0.2, 0) is 6.54 Å². The highest BCUT2D eigenvalue weighted by atomic mass is 79.9. The van der Waals surface area contributed by atoms with Gasteiger partial charge >= 0.3 is 6.03 Å². The third-order valence-corrected chi connectivity index (χ3v) is 4.86. The summed E-state index contributed by atoms with van der Waals surface area (Å²) in [5, 5.41) is 3.72. The van der Waals surface area contributed by atoms with Crippen molar-refractivity contribution in [3.8, 4) is 0 Å². The third kappa shape index (κ3) is 4.42. The van der Waals surface area contributed by atoms with E-state index in [1.807, 2.05) is 47.4 Å². The largest absolute Gasteiger partial charge is 0.368 e. The Morgan fingerprint density at radius 2 is 1.79 bits per heavy atom. The number of hydrogen-bond acceptors (Lipinski definition) is 2. The van der Waals surface area contributed by atoms with E-state index in [-0.39, 0.29) is 6.03 Å². The zero-order valence-corrected chi connectivity index (χ0v) is 15.6. The molecule has 3 rings (SSSR count). The van der Waals surface area contributed by atoms with Crippen molar-refractivity contribution in [2.45, 2.75) is 6.54 Å². The van der Waals surface area contributed by atoms with Crippen LogP contribution in [0.5, 0.6) is 0 Å². The fraction of sp³-hybridized carbons (Fsp3) is 0.278. The number of rotatable bonds is 3. The predicted octanol–water partition coefficient (Wildman–Crippen LogP) is 4.13. The van der Waals surface area contributed by atoms with Gasteiger partial charge in [-0.1, -0.05) is 45.7 Å². The van der Waals surface area contributed by atoms with Crippen LogP contribution in [0.3, 0.4) is 0 Å². The van der Waals surface area contributed by atoms with Crippen LogP contribution in [0.1, 0.15) is 5.56 Å². The Labute approximate surface area is 155 Å². The van der Waals surface area contributed by atoms with Crippen LogP contribution in [0.2, 0.25) is 5.02 Å². The minimum absolute atomic E-state index is 0.0105. The van der Waals surface area contributed by atoms with Crippen LogP contribution >= 0.6 is 27.5 Å². The van der Waals surface area contributed by atoms with Crippen molar-refractivity contribution < 1.29 is 4.79 Å². The summed E-state index contributed by atoms with van der Waals surface area (Å²) in [6, 6.07) is 15.8. The number of amides is 2. The molecule has 2 aromatic carbocycles. The van der Waals surface area contributed by atoms with Crippen molar-refractivity contribution >= 4 is 39.2 Å². The highest BCUT2D eigenvalue weighted by molar-refractivity contribution is 9.10. The third-order valence-electron chi connectivity index (χ3n) is 4.10. The first-order valence-electron chi connectivity index (χ1n) is 7.89. The van der Waals surface area contributed by atoms with Gasteiger partial charge in [-0.25, -0.2) is 4.79 Å². The standard InChI is InChI=1S/C18H19BrClN3O/c19-15-6-4-14(5-7-15)13-21-18(24)23-10-8-22(9-11-23)17-3-1-2-16(20)12-17/h1-7,12H,8-11,13H2,(H,21,24). The maximum Gasteiger partial charge on any atom is 0.317 e. The van der Waals surface area contributed by atoms with E-state index in [4.69, 9.17) is 11.6 Å². The molecule has 0 atom stereocenters. The van der Waals surface area contributed by atoms with Crippen LogP contribution in [0, 0.1) is 0 Å². The molecule has 1 aliphatic rings. The quantitative estimate of drug-likeness (QED) is 0.829. The van der Waals surface area contributed by atoms with Crippen LogP contribution in [0.15, 0.2) is 53.0 Å². The van der Waals surface area contributed by atoms with Gasteiger partial charge in [0.2, 0.25) is 0 Å². The smallest absolute Gasteiger partial charge is 0.317 e. The molecular formula is C18H19BrClN3O. The second-order valence-corrected chi connectivity index (χ2v) is 7.09. The van der Waals surface area contributed by atoms with Crippen molar-refractivity contribution in [2.75, 3.05) is 31.1 Å². The Kier molecular flexibility index (Phi) is 5.63. The van der Waals surface area contributed by atoms with E-state index in [1.54, 1.807) is 0 Å². The fourth-order valence-electron chi connectivity index (χ4n) is 2.73. The summed E-state index contributed by atoms with van der Waals surface area (Å²) in [6.45, 7) is 3.58. The lowest BCUT2D eigenvalue weighted by Gasteiger charge is -2.36. The molecule has 0 spiro atoms. The molecular weight excluding hydrogens is 390 g/mol. The lowest BCUT2D eigenvalue weighted by molar-refractivity contribution is 0.194. The molecule has 1 fully saturated rings. The first-order chi connectivity index (χ1) is 11.6. The van der Waals surface area contributed by atoms with Crippen LogP contribution in [0.4, 0.5) is 10.5 Å². The van der Waals surface area contributed by atoms with Gasteiger partial charge in [0.25, 0.3) is 0 Å².